The molecule has 2 N–H and O–H groups in total. The van der Waals surface area contributed by atoms with Gasteiger partial charge in [-0.1, -0.05) is 31.5 Å². The van der Waals surface area contributed by atoms with Crippen LogP contribution in [0.1, 0.15) is 41.9 Å². The van der Waals surface area contributed by atoms with E-state index in [1.807, 2.05) is 12.3 Å². The lowest BCUT2D eigenvalue weighted by Crippen LogP contribution is -2.24. The molecule has 0 fully saturated rings. The van der Waals surface area contributed by atoms with Gasteiger partial charge in [0.1, 0.15) is 0 Å². The fourth-order valence-electron chi connectivity index (χ4n) is 2.87. The quantitative estimate of drug-likeness (QED) is 0.463. The van der Waals surface area contributed by atoms with Gasteiger partial charge in [-0.05, 0) is 63.5 Å². The van der Waals surface area contributed by atoms with E-state index in [2.05, 4.69) is 80.2 Å². The van der Waals surface area contributed by atoms with Crippen molar-refractivity contribution in [2.24, 2.45) is 11.0 Å². The Bertz CT molecular complexity index is 787. The molecule has 5 heteroatoms. The first-order chi connectivity index (χ1) is 11.8. The molecule has 0 radical (unpaired) electrons. The molecule has 0 atom stereocenters. The van der Waals surface area contributed by atoms with Crippen molar-refractivity contribution in [2.75, 3.05) is 5.32 Å². The summed E-state index contributed by atoms with van der Waals surface area (Å²) in [6, 6.07) is 8.37. The molecule has 0 spiro atoms. The second-order valence-electron chi connectivity index (χ2n) is 6.97. The predicted molar refractivity (Wildman–Crippen MR) is 112 cm³/mol. The van der Waals surface area contributed by atoms with Crippen LogP contribution in [0.2, 0.25) is 0 Å². The molecule has 1 heterocycles. The second-order valence-corrected chi connectivity index (χ2v) is 7.38. The van der Waals surface area contributed by atoms with Gasteiger partial charge in [0, 0.05) is 29.2 Å². The molecule has 0 bridgehead atoms. The molecule has 1 aromatic heterocycles. The van der Waals surface area contributed by atoms with Crippen LogP contribution in [0.25, 0.3) is 0 Å². The minimum absolute atomic E-state index is 0.485. The summed E-state index contributed by atoms with van der Waals surface area (Å²) in [5.41, 5.74) is 9.87. The summed E-state index contributed by atoms with van der Waals surface area (Å²) in [5, 5.41) is 7.96. The average molecular weight is 357 g/mol. The summed E-state index contributed by atoms with van der Waals surface area (Å²) in [5.74, 6) is 0.613. The minimum Gasteiger partial charge on any atom is -0.348 e. The van der Waals surface area contributed by atoms with Crippen molar-refractivity contribution in [2.45, 2.75) is 48.1 Å². The van der Waals surface area contributed by atoms with Crippen LogP contribution in [0.3, 0.4) is 0 Å². The summed E-state index contributed by atoms with van der Waals surface area (Å²) in [4.78, 5) is 0. The zero-order valence-electron chi connectivity index (χ0n) is 16.0. The highest BCUT2D eigenvalue weighted by atomic mass is 32.1. The largest absolute Gasteiger partial charge is 0.348 e. The molecule has 2 aromatic rings. The summed E-state index contributed by atoms with van der Waals surface area (Å²) in [6.45, 7) is 13.9. The van der Waals surface area contributed by atoms with Gasteiger partial charge >= 0.3 is 0 Å². The molecule has 0 aliphatic rings. The number of aromatic nitrogens is 1. The first-order valence-corrected chi connectivity index (χ1v) is 9.02. The topological polar surface area (TPSA) is 41.4 Å². The van der Waals surface area contributed by atoms with Crippen molar-refractivity contribution in [3.63, 3.8) is 0 Å². The van der Waals surface area contributed by atoms with Gasteiger partial charge in [0.2, 0.25) is 0 Å². The number of hydrogen-bond donors (Lipinski definition) is 2. The van der Waals surface area contributed by atoms with Gasteiger partial charge in [0.15, 0.2) is 5.11 Å². The number of nitrogens with zero attached hydrogens (tertiary/aromatic N) is 2. The van der Waals surface area contributed by atoms with E-state index >= 15 is 0 Å². The number of hydrazone groups is 1. The van der Waals surface area contributed by atoms with Crippen molar-refractivity contribution in [1.29, 1.82) is 0 Å². The fourth-order valence-corrected chi connectivity index (χ4v) is 3.03. The molecular formula is C20H28N4S. The maximum atomic E-state index is 5.32. The average Bonchev–Trinajstić information content (AvgIpc) is 2.77. The van der Waals surface area contributed by atoms with Crippen LogP contribution in [0.15, 0.2) is 29.4 Å². The normalized spacial score (nSPS) is 11.3. The number of benzene rings is 1. The monoisotopic (exact) mass is 356 g/mol. The first-order valence-electron chi connectivity index (χ1n) is 8.62. The maximum Gasteiger partial charge on any atom is 0.191 e. The molecule has 0 unspecified atom stereocenters. The van der Waals surface area contributed by atoms with Crippen LogP contribution >= 0.6 is 12.2 Å². The molecule has 134 valence electrons. The van der Waals surface area contributed by atoms with Gasteiger partial charge in [0.25, 0.3) is 0 Å². The van der Waals surface area contributed by atoms with Crippen molar-refractivity contribution in [1.82, 2.24) is 9.99 Å². The Morgan fingerprint density at radius 1 is 1.20 bits per heavy atom. The lowest BCUT2D eigenvalue weighted by atomic mass is 10.1. The third-order valence-electron chi connectivity index (χ3n) is 4.16. The third-order valence-corrected chi connectivity index (χ3v) is 4.35. The van der Waals surface area contributed by atoms with E-state index in [0.717, 1.165) is 23.4 Å². The van der Waals surface area contributed by atoms with Gasteiger partial charge in [0.05, 0.1) is 6.21 Å². The molecule has 0 aliphatic heterocycles. The number of anilines is 1. The van der Waals surface area contributed by atoms with Crippen LogP contribution in [-0.2, 0) is 6.54 Å². The van der Waals surface area contributed by atoms with E-state index < -0.39 is 0 Å². The Hall–Kier alpha value is -2.14. The number of nitrogens with one attached hydrogen (secondary N) is 2. The van der Waals surface area contributed by atoms with Gasteiger partial charge in [-0.15, -0.1) is 0 Å². The van der Waals surface area contributed by atoms with Crippen molar-refractivity contribution in [3.05, 3.63) is 52.3 Å². The van der Waals surface area contributed by atoms with Crippen molar-refractivity contribution >= 4 is 29.2 Å². The zero-order valence-corrected chi connectivity index (χ0v) is 16.8. The zero-order chi connectivity index (χ0) is 18.6. The number of hydrogen-bond acceptors (Lipinski definition) is 2. The number of aryl methyl sites for hydroxylation is 3. The maximum absolute atomic E-state index is 5.32. The molecular weight excluding hydrogens is 328 g/mol. The van der Waals surface area contributed by atoms with Gasteiger partial charge < -0.3 is 9.88 Å². The summed E-state index contributed by atoms with van der Waals surface area (Å²) >= 11 is 5.32. The Morgan fingerprint density at radius 2 is 1.92 bits per heavy atom. The second kappa shape index (κ2) is 8.30. The molecule has 0 saturated carbocycles. The van der Waals surface area contributed by atoms with Gasteiger partial charge in [-0.25, -0.2) is 0 Å². The molecule has 0 saturated heterocycles. The number of rotatable bonds is 5. The summed E-state index contributed by atoms with van der Waals surface area (Å²) in [6.07, 6.45) is 1.83. The van der Waals surface area contributed by atoms with Crippen LogP contribution in [0.5, 0.6) is 0 Å². The Kier molecular flexibility index (Phi) is 6.37. The van der Waals surface area contributed by atoms with Crippen LogP contribution in [0.4, 0.5) is 5.69 Å². The van der Waals surface area contributed by atoms with Crippen molar-refractivity contribution < 1.29 is 0 Å². The van der Waals surface area contributed by atoms with E-state index in [1.54, 1.807) is 0 Å². The Labute approximate surface area is 156 Å². The number of thiocarbonyl (C=S) groups is 1. The summed E-state index contributed by atoms with van der Waals surface area (Å²) in [7, 11) is 0. The third kappa shape index (κ3) is 5.16. The van der Waals surface area contributed by atoms with E-state index in [4.69, 9.17) is 12.2 Å². The Morgan fingerprint density at radius 3 is 2.56 bits per heavy atom. The standard InChI is InChI=1S/C20H28N4S/c1-13(2)12-24-16(5)10-18(17(24)6)11-21-23-20(25)22-19-8-7-14(3)9-15(19)4/h7-11,13H,12H2,1-6H3,(H2,22,23,25). The van der Waals surface area contributed by atoms with Crippen molar-refractivity contribution in [3.8, 4) is 0 Å². The van der Waals surface area contributed by atoms with Gasteiger partial charge in [-0.2, -0.15) is 5.10 Å². The summed E-state index contributed by atoms with van der Waals surface area (Å²) < 4.78 is 2.33. The predicted octanol–water partition coefficient (Wildman–Crippen LogP) is 4.70. The Balaban J connectivity index is 2.00. The van der Waals surface area contributed by atoms with E-state index in [0.29, 0.717) is 11.0 Å². The highest BCUT2D eigenvalue weighted by Gasteiger charge is 2.08. The SMILES string of the molecule is Cc1ccc(NC(=S)NN=Cc2cc(C)n(CC(C)C)c2C)c(C)c1. The lowest BCUT2D eigenvalue weighted by Gasteiger charge is -2.12. The molecule has 0 amide bonds. The molecule has 4 nitrogen and oxygen atoms in total. The highest BCUT2D eigenvalue weighted by molar-refractivity contribution is 7.80. The van der Waals surface area contributed by atoms with Gasteiger partial charge in [-0.3, -0.25) is 5.43 Å². The van der Waals surface area contributed by atoms with E-state index in [1.165, 1.54) is 17.0 Å². The van der Waals surface area contributed by atoms with E-state index in [9.17, 15) is 0 Å². The fraction of sp³-hybridized carbons (Fsp3) is 0.400. The molecule has 0 aliphatic carbocycles. The first kappa shape index (κ1) is 19.2. The molecule has 25 heavy (non-hydrogen) atoms. The highest BCUT2D eigenvalue weighted by Crippen LogP contribution is 2.16. The molecule has 2 rings (SSSR count). The van der Waals surface area contributed by atoms with E-state index in [-0.39, 0.29) is 0 Å². The van der Waals surface area contributed by atoms with Crippen LogP contribution < -0.4 is 10.7 Å². The molecule has 1 aromatic carbocycles. The smallest absolute Gasteiger partial charge is 0.191 e. The minimum atomic E-state index is 0.485. The van der Waals surface area contributed by atoms with Crippen LogP contribution in [0, 0.1) is 33.6 Å². The lowest BCUT2D eigenvalue weighted by molar-refractivity contribution is 0.509. The van der Waals surface area contributed by atoms with Crippen LogP contribution in [-0.4, -0.2) is 15.9 Å².